The van der Waals surface area contributed by atoms with Crippen molar-refractivity contribution in [2.75, 3.05) is 11.9 Å². The van der Waals surface area contributed by atoms with E-state index in [1.165, 1.54) is 10.4 Å². The summed E-state index contributed by atoms with van der Waals surface area (Å²) in [7, 11) is 0. The van der Waals surface area contributed by atoms with Gasteiger partial charge in [-0.25, -0.2) is 4.98 Å². The van der Waals surface area contributed by atoms with Crippen molar-refractivity contribution in [3.63, 3.8) is 0 Å². The molecule has 0 fully saturated rings. The average Bonchev–Trinajstić information content (AvgIpc) is 2.54. The van der Waals surface area contributed by atoms with Crippen LogP contribution in [0, 0.1) is 6.92 Å². The molecule has 2 nitrogen and oxygen atoms in total. The molecule has 1 N–H and O–H groups in total. The van der Waals surface area contributed by atoms with Gasteiger partial charge in [0.15, 0.2) is 0 Å². The highest BCUT2D eigenvalue weighted by Gasteiger charge is 2.00. The van der Waals surface area contributed by atoms with Crippen molar-refractivity contribution in [2.45, 2.75) is 20.3 Å². The maximum Gasteiger partial charge on any atom is 0.0907 e. The molecule has 1 heterocycles. The van der Waals surface area contributed by atoms with Crippen LogP contribution in [0.25, 0.3) is 10.2 Å². The molecule has 2 aromatic rings. The van der Waals surface area contributed by atoms with E-state index in [1.54, 1.807) is 11.3 Å². The Labute approximate surface area is 88.0 Å². The summed E-state index contributed by atoms with van der Waals surface area (Å²) >= 11 is 1.75. The van der Waals surface area contributed by atoms with Crippen LogP contribution in [-0.2, 0) is 0 Å². The second-order valence-corrected chi connectivity index (χ2v) is 4.58. The number of hydrogen-bond acceptors (Lipinski definition) is 3. The molecule has 0 saturated heterocycles. The van der Waals surface area contributed by atoms with Crippen molar-refractivity contribution < 1.29 is 0 Å². The number of anilines is 1. The van der Waals surface area contributed by atoms with Crippen LogP contribution < -0.4 is 5.32 Å². The molecule has 3 heteroatoms. The SMILES string of the molecule is CCCNc1ccc2sc(C)nc2c1. The van der Waals surface area contributed by atoms with Gasteiger partial charge in [0.05, 0.1) is 15.2 Å². The molecule has 0 bridgehead atoms. The van der Waals surface area contributed by atoms with Crippen molar-refractivity contribution in [1.29, 1.82) is 0 Å². The van der Waals surface area contributed by atoms with E-state index in [9.17, 15) is 0 Å². The van der Waals surface area contributed by atoms with E-state index in [4.69, 9.17) is 0 Å². The maximum atomic E-state index is 4.46. The predicted molar refractivity (Wildman–Crippen MR) is 63.1 cm³/mol. The Hall–Kier alpha value is -1.09. The smallest absolute Gasteiger partial charge is 0.0907 e. The first kappa shape index (κ1) is 9.46. The highest BCUT2D eigenvalue weighted by Crippen LogP contribution is 2.24. The van der Waals surface area contributed by atoms with Crippen LogP contribution in [0.15, 0.2) is 18.2 Å². The van der Waals surface area contributed by atoms with Crippen molar-refractivity contribution in [3.05, 3.63) is 23.2 Å². The lowest BCUT2D eigenvalue weighted by Crippen LogP contribution is -1.98. The molecule has 0 amide bonds. The number of nitrogens with one attached hydrogen (secondary N) is 1. The number of hydrogen-bond donors (Lipinski definition) is 1. The second kappa shape index (κ2) is 3.96. The summed E-state index contributed by atoms with van der Waals surface area (Å²) in [5, 5.41) is 4.49. The summed E-state index contributed by atoms with van der Waals surface area (Å²) in [6.45, 7) is 5.23. The Morgan fingerprint density at radius 3 is 3.07 bits per heavy atom. The zero-order valence-electron chi connectivity index (χ0n) is 8.50. The molecular weight excluding hydrogens is 192 g/mol. The number of rotatable bonds is 3. The first-order valence-electron chi connectivity index (χ1n) is 4.90. The third kappa shape index (κ3) is 1.87. The van der Waals surface area contributed by atoms with E-state index in [1.807, 2.05) is 6.92 Å². The fourth-order valence-electron chi connectivity index (χ4n) is 1.42. The lowest BCUT2D eigenvalue weighted by atomic mass is 10.3. The molecule has 1 aromatic carbocycles. The quantitative estimate of drug-likeness (QED) is 0.832. The minimum Gasteiger partial charge on any atom is -0.385 e. The van der Waals surface area contributed by atoms with Crippen LogP contribution in [0.2, 0.25) is 0 Å². The zero-order valence-corrected chi connectivity index (χ0v) is 9.32. The Bertz CT molecular complexity index is 434. The summed E-state index contributed by atoms with van der Waals surface area (Å²) in [6.07, 6.45) is 1.15. The predicted octanol–water partition coefficient (Wildman–Crippen LogP) is 3.43. The summed E-state index contributed by atoms with van der Waals surface area (Å²) in [4.78, 5) is 4.46. The molecule has 14 heavy (non-hydrogen) atoms. The summed E-state index contributed by atoms with van der Waals surface area (Å²) in [6, 6.07) is 6.38. The molecule has 0 aliphatic carbocycles. The van der Waals surface area contributed by atoms with E-state index in [-0.39, 0.29) is 0 Å². The van der Waals surface area contributed by atoms with Gasteiger partial charge in [-0.2, -0.15) is 0 Å². The molecule has 74 valence electrons. The van der Waals surface area contributed by atoms with E-state index in [2.05, 4.69) is 35.4 Å². The van der Waals surface area contributed by atoms with Gasteiger partial charge in [-0.05, 0) is 31.5 Å². The molecule has 0 aliphatic rings. The Kier molecular flexibility index (Phi) is 2.68. The van der Waals surface area contributed by atoms with Crippen LogP contribution in [0.5, 0.6) is 0 Å². The van der Waals surface area contributed by atoms with Gasteiger partial charge in [-0.15, -0.1) is 11.3 Å². The topological polar surface area (TPSA) is 24.9 Å². The number of benzene rings is 1. The maximum absolute atomic E-state index is 4.46. The molecule has 0 saturated carbocycles. The molecule has 0 atom stereocenters. The average molecular weight is 206 g/mol. The van der Waals surface area contributed by atoms with Crippen molar-refractivity contribution in [2.24, 2.45) is 0 Å². The largest absolute Gasteiger partial charge is 0.385 e. The standard InChI is InChI=1S/C11H14N2S/c1-3-6-12-9-4-5-11-10(7-9)13-8(2)14-11/h4-5,7,12H,3,6H2,1-2H3. The fourth-order valence-corrected chi connectivity index (χ4v) is 2.23. The normalized spacial score (nSPS) is 10.7. The van der Waals surface area contributed by atoms with Gasteiger partial charge < -0.3 is 5.32 Å². The lowest BCUT2D eigenvalue weighted by Gasteiger charge is -2.03. The number of thiazole rings is 1. The first-order valence-corrected chi connectivity index (χ1v) is 5.72. The van der Waals surface area contributed by atoms with Gasteiger partial charge in [0.2, 0.25) is 0 Å². The van der Waals surface area contributed by atoms with Gasteiger partial charge in [-0.3, -0.25) is 0 Å². The summed E-state index contributed by atoms with van der Waals surface area (Å²) < 4.78 is 1.27. The van der Waals surface area contributed by atoms with Gasteiger partial charge in [0.1, 0.15) is 0 Å². The molecule has 0 aliphatic heterocycles. The van der Waals surface area contributed by atoms with E-state index in [0.717, 1.165) is 23.5 Å². The van der Waals surface area contributed by atoms with Crippen molar-refractivity contribution in [3.8, 4) is 0 Å². The van der Waals surface area contributed by atoms with Crippen molar-refractivity contribution in [1.82, 2.24) is 4.98 Å². The van der Waals surface area contributed by atoms with E-state index < -0.39 is 0 Å². The second-order valence-electron chi connectivity index (χ2n) is 3.34. The van der Waals surface area contributed by atoms with Gasteiger partial charge in [0.25, 0.3) is 0 Å². The fraction of sp³-hybridized carbons (Fsp3) is 0.364. The van der Waals surface area contributed by atoms with Crippen LogP contribution in [0.4, 0.5) is 5.69 Å². The van der Waals surface area contributed by atoms with Crippen LogP contribution >= 0.6 is 11.3 Å². The lowest BCUT2D eigenvalue weighted by molar-refractivity contribution is 0.980. The Morgan fingerprint density at radius 2 is 2.29 bits per heavy atom. The highest BCUT2D eigenvalue weighted by molar-refractivity contribution is 7.18. The minimum atomic E-state index is 1.02. The zero-order chi connectivity index (χ0) is 9.97. The van der Waals surface area contributed by atoms with E-state index >= 15 is 0 Å². The minimum absolute atomic E-state index is 1.02. The van der Waals surface area contributed by atoms with Crippen molar-refractivity contribution >= 4 is 27.2 Å². The Morgan fingerprint density at radius 1 is 1.43 bits per heavy atom. The number of aryl methyl sites for hydroxylation is 1. The van der Waals surface area contributed by atoms with Crippen LogP contribution in [0.1, 0.15) is 18.4 Å². The van der Waals surface area contributed by atoms with Gasteiger partial charge >= 0.3 is 0 Å². The monoisotopic (exact) mass is 206 g/mol. The van der Waals surface area contributed by atoms with E-state index in [0.29, 0.717) is 0 Å². The van der Waals surface area contributed by atoms with Gasteiger partial charge in [-0.1, -0.05) is 6.92 Å². The van der Waals surface area contributed by atoms with Crippen LogP contribution in [-0.4, -0.2) is 11.5 Å². The summed E-state index contributed by atoms with van der Waals surface area (Å²) in [5.41, 5.74) is 2.28. The molecule has 1 aromatic heterocycles. The number of nitrogens with zero attached hydrogens (tertiary/aromatic N) is 1. The highest BCUT2D eigenvalue weighted by atomic mass is 32.1. The first-order chi connectivity index (χ1) is 6.79. The summed E-state index contributed by atoms with van der Waals surface area (Å²) in [5.74, 6) is 0. The Balaban J connectivity index is 2.31. The van der Waals surface area contributed by atoms with Gasteiger partial charge in [0, 0.05) is 12.2 Å². The molecule has 0 spiro atoms. The molecule has 0 radical (unpaired) electrons. The molecule has 2 rings (SSSR count). The third-order valence-electron chi connectivity index (χ3n) is 2.07. The number of fused-ring (bicyclic) bond motifs is 1. The third-order valence-corrected chi connectivity index (χ3v) is 3.03. The van der Waals surface area contributed by atoms with Crippen LogP contribution in [0.3, 0.4) is 0 Å². The molecular formula is C11H14N2S. The number of aromatic nitrogens is 1. The molecule has 0 unspecified atom stereocenters.